The second-order valence-corrected chi connectivity index (χ2v) is 5.68. The fraction of sp³-hybridized carbons (Fsp3) is 0.438. The molecule has 1 heterocycles. The monoisotopic (exact) mass is 274 g/mol. The van der Waals surface area contributed by atoms with E-state index in [0.29, 0.717) is 11.8 Å². The van der Waals surface area contributed by atoms with Crippen molar-refractivity contribution in [2.45, 2.75) is 19.3 Å². The van der Waals surface area contributed by atoms with E-state index >= 15 is 0 Å². The molecule has 2 atom stereocenters. The molecule has 1 aromatic heterocycles. The predicted octanol–water partition coefficient (Wildman–Crippen LogP) is 4.30. The Morgan fingerprint density at radius 3 is 2.84 bits per heavy atom. The van der Waals surface area contributed by atoms with Crippen LogP contribution < -0.4 is 5.32 Å². The number of nitrogens with one attached hydrogen (secondary N) is 1. The van der Waals surface area contributed by atoms with Crippen LogP contribution in [-0.2, 0) is 0 Å². The molecule has 1 fully saturated rings. The second-order valence-electron chi connectivity index (χ2n) is 5.38. The van der Waals surface area contributed by atoms with E-state index in [-0.39, 0.29) is 0 Å². The number of benzene rings is 1. The van der Waals surface area contributed by atoms with Crippen molar-refractivity contribution >= 4 is 28.3 Å². The van der Waals surface area contributed by atoms with Gasteiger partial charge in [0.05, 0.1) is 5.52 Å². The van der Waals surface area contributed by atoms with Crippen LogP contribution in [0.4, 0.5) is 5.82 Å². The highest BCUT2D eigenvalue weighted by Crippen LogP contribution is 2.32. The number of hydrogen-bond donors (Lipinski definition) is 1. The topological polar surface area (TPSA) is 24.9 Å². The maximum Gasteiger partial charge on any atom is 0.126 e. The first-order valence-electron chi connectivity index (χ1n) is 7.02. The summed E-state index contributed by atoms with van der Waals surface area (Å²) < 4.78 is 0. The van der Waals surface area contributed by atoms with E-state index in [0.717, 1.165) is 23.8 Å². The molecular weight excluding hydrogens is 256 g/mol. The van der Waals surface area contributed by atoms with Gasteiger partial charge < -0.3 is 5.32 Å². The smallest absolute Gasteiger partial charge is 0.126 e. The summed E-state index contributed by atoms with van der Waals surface area (Å²) in [6, 6.07) is 12.4. The summed E-state index contributed by atoms with van der Waals surface area (Å²) in [6.45, 7) is 0.989. The van der Waals surface area contributed by atoms with Crippen molar-refractivity contribution in [3.63, 3.8) is 0 Å². The molecule has 3 rings (SSSR count). The van der Waals surface area contributed by atoms with Crippen LogP contribution in [0.25, 0.3) is 10.9 Å². The lowest BCUT2D eigenvalue weighted by atomic mass is 9.98. The van der Waals surface area contributed by atoms with Crippen LogP contribution in [-0.4, -0.2) is 17.4 Å². The lowest BCUT2D eigenvalue weighted by molar-refractivity contribution is 0.444. The van der Waals surface area contributed by atoms with E-state index in [1.807, 2.05) is 12.1 Å². The van der Waals surface area contributed by atoms with E-state index in [2.05, 4.69) is 34.6 Å². The van der Waals surface area contributed by atoms with Crippen molar-refractivity contribution in [3.8, 4) is 0 Å². The minimum atomic E-state index is 0.676. The van der Waals surface area contributed by atoms with Crippen LogP contribution in [0.5, 0.6) is 0 Å². The lowest BCUT2D eigenvalue weighted by Crippen LogP contribution is -2.19. The molecule has 0 spiro atoms. The van der Waals surface area contributed by atoms with E-state index in [4.69, 9.17) is 11.6 Å². The minimum Gasteiger partial charge on any atom is -0.370 e. The van der Waals surface area contributed by atoms with Gasteiger partial charge in [0.25, 0.3) is 0 Å². The number of hydrogen-bond acceptors (Lipinski definition) is 2. The standard InChI is InChI=1S/C16H19ClN2/c17-10-13-5-3-6-14(13)11-18-16-9-8-12-4-1-2-7-15(12)19-16/h1-2,4,7-9,13-14H,3,5-6,10-11H2,(H,18,19). The largest absolute Gasteiger partial charge is 0.370 e. The third-order valence-corrected chi connectivity index (χ3v) is 4.55. The van der Waals surface area contributed by atoms with Gasteiger partial charge in [-0.1, -0.05) is 24.6 Å². The molecule has 0 bridgehead atoms. The van der Waals surface area contributed by atoms with E-state index in [9.17, 15) is 0 Å². The third-order valence-electron chi connectivity index (χ3n) is 4.16. The summed E-state index contributed by atoms with van der Waals surface area (Å²) in [7, 11) is 0. The van der Waals surface area contributed by atoms with Crippen molar-refractivity contribution in [1.29, 1.82) is 0 Å². The summed E-state index contributed by atoms with van der Waals surface area (Å²) in [5.41, 5.74) is 1.05. The molecule has 19 heavy (non-hydrogen) atoms. The lowest BCUT2D eigenvalue weighted by Gasteiger charge is -2.18. The molecule has 1 aliphatic rings. The maximum absolute atomic E-state index is 6.02. The van der Waals surface area contributed by atoms with Gasteiger partial charge in [-0.05, 0) is 42.9 Å². The van der Waals surface area contributed by atoms with Crippen LogP contribution in [0.2, 0.25) is 0 Å². The number of pyridine rings is 1. The number of aromatic nitrogens is 1. The molecule has 3 heteroatoms. The van der Waals surface area contributed by atoms with Crippen molar-refractivity contribution in [2.75, 3.05) is 17.7 Å². The van der Waals surface area contributed by atoms with Crippen LogP contribution in [0.1, 0.15) is 19.3 Å². The van der Waals surface area contributed by atoms with Gasteiger partial charge in [-0.2, -0.15) is 0 Å². The Hall–Kier alpha value is -1.28. The Kier molecular flexibility index (Phi) is 3.88. The van der Waals surface area contributed by atoms with Crippen LogP contribution in [0, 0.1) is 11.8 Å². The molecule has 1 saturated carbocycles. The molecule has 1 aliphatic carbocycles. The molecule has 1 aromatic carbocycles. The Morgan fingerprint density at radius 2 is 1.95 bits per heavy atom. The first kappa shape index (κ1) is 12.7. The van der Waals surface area contributed by atoms with Gasteiger partial charge in [0.1, 0.15) is 5.82 Å². The Morgan fingerprint density at radius 1 is 1.11 bits per heavy atom. The first-order chi connectivity index (χ1) is 9.36. The molecule has 0 saturated heterocycles. The van der Waals surface area contributed by atoms with Gasteiger partial charge in [-0.25, -0.2) is 4.98 Å². The fourth-order valence-corrected chi connectivity index (χ4v) is 3.39. The van der Waals surface area contributed by atoms with E-state index in [1.165, 1.54) is 24.6 Å². The zero-order valence-corrected chi connectivity index (χ0v) is 11.7. The fourth-order valence-electron chi connectivity index (χ4n) is 2.99. The molecule has 2 unspecified atom stereocenters. The highest BCUT2D eigenvalue weighted by molar-refractivity contribution is 6.18. The number of rotatable bonds is 4. The zero-order valence-electron chi connectivity index (χ0n) is 11.0. The van der Waals surface area contributed by atoms with E-state index < -0.39 is 0 Å². The van der Waals surface area contributed by atoms with Gasteiger partial charge in [-0.15, -0.1) is 11.6 Å². The molecule has 2 nitrogen and oxygen atoms in total. The summed E-state index contributed by atoms with van der Waals surface area (Å²) in [4.78, 5) is 4.64. The zero-order chi connectivity index (χ0) is 13.1. The molecule has 1 N–H and O–H groups in total. The Bertz CT molecular complexity index is 555. The Labute approximate surface area is 119 Å². The molecule has 0 amide bonds. The number of halogens is 1. The quantitative estimate of drug-likeness (QED) is 0.841. The van der Waals surface area contributed by atoms with Crippen molar-refractivity contribution in [1.82, 2.24) is 4.98 Å². The molecule has 0 radical (unpaired) electrons. The van der Waals surface area contributed by atoms with Crippen LogP contribution in [0.3, 0.4) is 0 Å². The van der Waals surface area contributed by atoms with Crippen LogP contribution in [0.15, 0.2) is 36.4 Å². The molecule has 0 aliphatic heterocycles. The van der Waals surface area contributed by atoms with Gasteiger partial charge in [0, 0.05) is 17.8 Å². The van der Waals surface area contributed by atoms with Gasteiger partial charge in [0.2, 0.25) is 0 Å². The molecular formula is C16H19ClN2. The average Bonchev–Trinajstić information content (AvgIpc) is 2.92. The van der Waals surface area contributed by atoms with Gasteiger partial charge in [0.15, 0.2) is 0 Å². The van der Waals surface area contributed by atoms with Crippen molar-refractivity contribution < 1.29 is 0 Å². The SMILES string of the molecule is ClCC1CCCC1CNc1ccc2ccccc2n1. The highest BCUT2D eigenvalue weighted by Gasteiger charge is 2.26. The Balaban J connectivity index is 1.68. The van der Waals surface area contributed by atoms with Crippen molar-refractivity contribution in [3.05, 3.63) is 36.4 Å². The summed E-state index contributed by atoms with van der Waals surface area (Å²) in [6.07, 6.45) is 3.88. The summed E-state index contributed by atoms with van der Waals surface area (Å²) in [5, 5.41) is 4.66. The van der Waals surface area contributed by atoms with Gasteiger partial charge >= 0.3 is 0 Å². The third kappa shape index (κ3) is 2.84. The predicted molar refractivity (Wildman–Crippen MR) is 81.8 cm³/mol. The number of nitrogens with zero attached hydrogens (tertiary/aromatic N) is 1. The van der Waals surface area contributed by atoms with Gasteiger partial charge in [-0.3, -0.25) is 0 Å². The van der Waals surface area contributed by atoms with E-state index in [1.54, 1.807) is 0 Å². The normalized spacial score (nSPS) is 22.8. The van der Waals surface area contributed by atoms with Crippen molar-refractivity contribution in [2.24, 2.45) is 11.8 Å². The number of para-hydroxylation sites is 1. The summed E-state index contributed by atoms with van der Waals surface area (Å²) in [5.74, 6) is 3.14. The number of alkyl halides is 1. The first-order valence-corrected chi connectivity index (χ1v) is 7.56. The molecule has 2 aromatic rings. The number of anilines is 1. The molecule has 100 valence electrons. The highest BCUT2D eigenvalue weighted by atomic mass is 35.5. The average molecular weight is 275 g/mol. The van der Waals surface area contributed by atoms with Crippen LogP contribution >= 0.6 is 11.6 Å². The second kappa shape index (κ2) is 5.79. The number of fused-ring (bicyclic) bond motifs is 1. The maximum atomic E-state index is 6.02. The summed E-state index contributed by atoms with van der Waals surface area (Å²) >= 11 is 6.02. The minimum absolute atomic E-state index is 0.676.